The topological polar surface area (TPSA) is 58.3 Å². The predicted molar refractivity (Wildman–Crippen MR) is 91.0 cm³/mol. The number of aliphatic imine (C=N–C) groups is 1. The van der Waals surface area contributed by atoms with Crippen molar-refractivity contribution in [2.45, 2.75) is 33.4 Å². The Balaban J connectivity index is 1.81. The van der Waals surface area contributed by atoms with E-state index in [4.69, 9.17) is 0 Å². The third kappa shape index (κ3) is 3.62. The summed E-state index contributed by atoms with van der Waals surface area (Å²) >= 11 is 0. The van der Waals surface area contributed by atoms with E-state index in [9.17, 15) is 8.78 Å². The Labute approximate surface area is 145 Å². The summed E-state index contributed by atoms with van der Waals surface area (Å²) in [5, 5.41) is 11.4. The van der Waals surface area contributed by atoms with Crippen LogP contribution in [0.2, 0.25) is 0 Å². The molecule has 0 amide bonds. The molecule has 134 valence electrons. The largest absolute Gasteiger partial charge is 0.356 e. The molecule has 0 atom stereocenters. The second kappa shape index (κ2) is 7.16. The Kier molecular flexibility index (Phi) is 4.96. The van der Waals surface area contributed by atoms with E-state index in [0.29, 0.717) is 49.7 Å². The first-order valence-corrected chi connectivity index (χ1v) is 8.34. The summed E-state index contributed by atoms with van der Waals surface area (Å²) in [7, 11) is 1.90. The maximum absolute atomic E-state index is 13.9. The molecule has 1 aliphatic heterocycles. The van der Waals surface area contributed by atoms with Gasteiger partial charge < -0.3 is 14.8 Å². The number of aryl methyl sites for hydroxylation is 1. The van der Waals surface area contributed by atoms with Crippen molar-refractivity contribution in [2.24, 2.45) is 12.0 Å². The summed E-state index contributed by atoms with van der Waals surface area (Å²) in [6.07, 6.45) is 0.523. The zero-order chi connectivity index (χ0) is 18.0. The van der Waals surface area contributed by atoms with E-state index in [1.165, 1.54) is 6.07 Å². The molecule has 0 saturated carbocycles. The molecule has 1 aliphatic rings. The normalized spacial score (nSPS) is 14.6. The molecule has 2 aromatic rings. The Bertz CT molecular complexity index is 799. The molecule has 0 radical (unpaired) electrons. The lowest BCUT2D eigenvalue weighted by molar-refractivity contribution is 0.369. The molecule has 0 fully saturated rings. The molecular weight excluding hydrogens is 326 g/mol. The lowest BCUT2D eigenvalue weighted by atomic mass is 9.99. The van der Waals surface area contributed by atoms with Gasteiger partial charge in [0.1, 0.15) is 24.0 Å². The highest BCUT2D eigenvalue weighted by Crippen LogP contribution is 2.23. The smallest absolute Gasteiger partial charge is 0.194 e. The average Bonchev–Trinajstić information content (AvgIpc) is 2.90. The van der Waals surface area contributed by atoms with E-state index < -0.39 is 11.6 Å². The molecule has 0 bridgehead atoms. The molecule has 1 N–H and O–H groups in total. The summed E-state index contributed by atoms with van der Waals surface area (Å²) in [5.74, 6) is 1.29. The van der Waals surface area contributed by atoms with Crippen molar-refractivity contribution < 1.29 is 8.78 Å². The summed E-state index contributed by atoms with van der Waals surface area (Å²) in [5.41, 5.74) is 1.27. The maximum Gasteiger partial charge on any atom is 0.194 e. The van der Waals surface area contributed by atoms with E-state index in [-0.39, 0.29) is 0 Å². The number of hydrogen-bond donors (Lipinski definition) is 1. The molecule has 3 rings (SSSR count). The number of guanidine groups is 1. The van der Waals surface area contributed by atoms with Crippen molar-refractivity contribution >= 4 is 5.96 Å². The SMILES string of the molecule is CCNC(=NCc1nnc(C)n1C)N1CCc2c(F)cc(F)cc2C1. The van der Waals surface area contributed by atoms with Crippen molar-refractivity contribution in [3.63, 3.8) is 0 Å². The second-order valence-corrected chi connectivity index (χ2v) is 6.09. The van der Waals surface area contributed by atoms with Crippen molar-refractivity contribution in [1.82, 2.24) is 25.0 Å². The van der Waals surface area contributed by atoms with Crippen LogP contribution >= 0.6 is 0 Å². The van der Waals surface area contributed by atoms with Crippen LogP contribution in [0.1, 0.15) is 29.7 Å². The van der Waals surface area contributed by atoms with Crippen LogP contribution < -0.4 is 5.32 Å². The number of hydrogen-bond acceptors (Lipinski definition) is 3. The van der Waals surface area contributed by atoms with Gasteiger partial charge in [0.25, 0.3) is 0 Å². The van der Waals surface area contributed by atoms with Gasteiger partial charge in [-0.3, -0.25) is 0 Å². The van der Waals surface area contributed by atoms with Crippen LogP contribution in [0.3, 0.4) is 0 Å². The van der Waals surface area contributed by atoms with Gasteiger partial charge in [-0.25, -0.2) is 13.8 Å². The van der Waals surface area contributed by atoms with Gasteiger partial charge in [0.15, 0.2) is 11.8 Å². The molecule has 0 unspecified atom stereocenters. The quantitative estimate of drug-likeness (QED) is 0.680. The third-order valence-corrected chi connectivity index (χ3v) is 4.43. The molecule has 1 aromatic heterocycles. The van der Waals surface area contributed by atoms with Gasteiger partial charge in [0.2, 0.25) is 0 Å². The number of nitrogens with one attached hydrogen (secondary N) is 1. The number of nitrogens with zero attached hydrogens (tertiary/aromatic N) is 5. The molecule has 0 saturated heterocycles. The van der Waals surface area contributed by atoms with Gasteiger partial charge in [-0.15, -0.1) is 10.2 Å². The molecule has 0 aliphatic carbocycles. The minimum atomic E-state index is -0.547. The van der Waals surface area contributed by atoms with E-state index in [0.717, 1.165) is 17.7 Å². The highest BCUT2D eigenvalue weighted by molar-refractivity contribution is 5.80. The summed E-state index contributed by atoms with van der Waals surface area (Å²) < 4.78 is 29.3. The predicted octanol–water partition coefficient (Wildman–Crippen LogP) is 1.93. The van der Waals surface area contributed by atoms with Crippen molar-refractivity contribution in [1.29, 1.82) is 0 Å². The van der Waals surface area contributed by atoms with Gasteiger partial charge in [-0.1, -0.05) is 0 Å². The summed E-state index contributed by atoms with van der Waals surface area (Å²) in [6, 6.07) is 2.35. The van der Waals surface area contributed by atoms with Crippen molar-refractivity contribution in [3.05, 3.63) is 46.5 Å². The van der Waals surface area contributed by atoms with E-state index in [1.807, 2.05) is 30.4 Å². The fourth-order valence-corrected chi connectivity index (χ4v) is 2.95. The highest BCUT2D eigenvalue weighted by atomic mass is 19.1. The van der Waals surface area contributed by atoms with Crippen LogP contribution in [-0.2, 0) is 26.6 Å². The minimum Gasteiger partial charge on any atom is -0.356 e. The van der Waals surface area contributed by atoms with E-state index in [2.05, 4.69) is 20.5 Å². The summed E-state index contributed by atoms with van der Waals surface area (Å²) in [4.78, 5) is 6.63. The number of fused-ring (bicyclic) bond motifs is 1. The van der Waals surface area contributed by atoms with Gasteiger partial charge in [0.05, 0.1) is 0 Å². The third-order valence-electron chi connectivity index (χ3n) is 4.43. The molecule has 8 heteroatoms. The number of benzene rings is 1. The summed E-state index contributed by atoms with van der Waals surface area (Å²) in [6.45, 7) is 6.01. The first kappa shape index (κ1) is 17.3. The van der Waals surface area contributed by atoms with Crippen LogP contribution in [0, 0.1) is 18.6 Å². The van der Waals surface area contributed by atoms with Gasteiger partial charge in [-0.2, -0.15) is 0 Å². The zero-order valence-corrected chi connectivity index (χ0v) is 14.7. The second-order valence-electron chi connectivity index (χ2n) is 6.09. The number of rotatable bonds is 3. The molecule has 0 spiro atoms. The Morgan fingerprint density at radius 3 is 2.80 bits per heavy atom. The van der Waals surface area contributed by atoms with Crippen LogP contribution in [-0.4, -0.2) is 38.7 Å². The molecule has 6 nitrogen and oxygen atoms in total. The lowest BCUT2D eigenvalue weighted by Gasteiger charge is -2.32. The van der Waals surface area contributed by atoms with E-state index in [1.54, 1.807) is 0 Å². The number of halogens is 2. The van der Waals surface area contributed by atoms with E-state index >= 15 is 0 Å². The lowest BCUT2D eigenvalue weighted by Crippen LogP contribution is -2.44. The molecule has 2 heterocycles. The standard InChI is InChI=1S/C17H22F2N6/c1-4-20-17(21-9-16-23-22-11(2)24(16)3)25-6-5-14-12(10-25)7-13(18)8-15(14)19/h7-8H,4-6,9-10H2,1-3H3,(H,20,21). The highest BCUT2D eigenvalue weighted by Gasteiger charge is 2.22. The monoisotopic (exact) mass is 348 g/mol. The fourth-order valence-electron chi connectivity index (χ4n) is 2.95. The van der Waals surface area contributed by atoms with Gasteiger partial charge in [-0.05, 0) is 37.5 Å². The van der Waals surface area contributed by atoms with Crippen LogP contribution in [0.5, 0.6) is 0 Å². The van der Waals surface area contributed by atoms with Crippen molar-refractivity contribution in [2.75, 3.05) is 13.1 Å². The van der Waals surface area contributed by atoms with Crippen LogP contribution in [0.15, 0.2) is 17.1 Å². The molecule has 25 heavy (non-hydrogen) atoms. The first-order valence-electron chi connectivity index (χ1n) is 8.34. The zero-order valence-electron chi connectivity index (χ0n) is 14.7. The minimum absolute atomic E-state index is 0.389. The van der Waals surface area contributed by atoms with Crippen LogP contribution in [0.25, 0.3) is 0 Å². The van der Waals surface area contributed by atoms with Crippen LogP contribution in [0.4, 0.5) is 8.78 Å². The van der Waals surface area contributed by atoms with Crippen molar-refractivity contribution in [3.8, 4) is 0 Å². The maximum atomic E-state index is 13.9. The Morgan fingerprint density at radius 2 is 2.12 bits per heavy atom. The molecule has 1 aromatic carbocycles. The Morgan fingerprint density at radius 1 is 1.32 bits per heavy atom. The van der Waals surface area contributed by atoms with Gasteiger partial charge in [0, 0.05) is 32.7 Å². The number of aromatic nitrogens is 3. The van der Waals surface area contributed by atoms with Gasteiger partial charge >= 0.3 is 0 Å². The molecular formula is C17H22F2N6. The first-order chi connectivity index (χ1) is 12.0. The Hall–Kier alpha value is -2.51. The fraction of sp³-hybridized carbons (Fsp3) is 0.471. The average molecular weight is 348 g/mol.